The third kappa shape index (κ3) is 3.29. The lowest BCUT2D eigenvalue weighted by Crippen LogP contribution is -2.07. The highest BCUT2D eigenvalue weighted by molar-refractivity contribution is 5.64. The molecule has 2 rings (SSSR count). The smallest absolute Gasteiger partial charge is 0.293 e. The second kappa shape index (κ2) is 6.29. The maximum absolute atomic E-state index is 11.0. The molecule has 0 atom stereocenters. The van der Waals surface area contributed by atoms with Crippen molar-refractivity contribution in [3.05, 3.63) is 64.0 Å². The molecule has 0 aliphatic carbocycles. The van der Waals surface area contributed by atoms with Crippen LogP contribution in [0.1, 0.15) is 11.1 Å². The van der Waals surface area contributed by atoms with Crippen molar-refractivity contribution in [3.63, 3.8) is 0 Å². The molecule has 1 aromatic carbocycles. The van der Waals surface area contributed by atoms with E-state index in [0.29, 0.717) is 18.7 Å². The van der Waals surface area contributed by atoms with Gasteiger partial charge in [-0.2, -0.15) is 5.26 Å². The zero-order valence-corrected chi connectivity index (χ0v) is 10.6. The van der Waals surface area contributed by atoms with E-state index in [4.69, 9.17) is 5.26 Å². The first kappa shape index (κ1) is 13.5. The average Bonchev–Trinajstić information content (AvgIpc) is 2.48. The van der Waals surface area contributed by atoms with Gasteiger partial charge < -0.3 is 5.32 Å². The van der Waals surface area contributed by atoms with Gasteiger partial charge in [-0.15, -0.1) is 0 Å². The number of benzene rings is 1. The molecule has 2 aromatic rings. The van der Waals surface area contributed by atoms with Crippen molar-refractivity contribution < 1.29 is 4.92 Å². The summed E-state index contributed by atoms with van der Waals surface area (Å²) in [5, 5.41) is 22.7. The van der Waals surface area contributed by atoms with Crippen molar-refractivity contribution in [1.29, 1.82) is 5.26 Å². The Balaban J connectivity index is 2.06. The minimum absolute atomic E-state index is 0.0877. The summed E-state index contributed by atoms with van der Waals surface area (Å²) in [5.74, 6) is 0. The Hall–Kier alpha value is -2.94. The first-order chi connectivity index (χ1) is 9.70. The van der Waals surface area contributed by atoms with Crippen LogP contribution in [0.15, 0.2) is 42.7 Å². The fourth-order valence-corrected chi connectivity index (χ4v) is 1.79. The molecule has 0 aliphatic rings. The molecule has 0 fully saturated rings. The molecule has 0 unspecified atom stereocenters. The van der Waals surface area contributed by atoms with Gasteiger partial charge in [0, 0.05) is 25.0 Å². The molecule has 1 aromatic heterocycles. The van der Waals surface area contributed by atoms with Crippen molar-refractivity contribution in [1.82, 2.24) is 4.98 Å². The third-order valence-electron chi connectivity index (χ3n) is 2.78. The SMILES string of the molecule is N#Cc1ccc(NCCc2cccnc2)c([N+](=O)[O-])c1. The second-order valence-corrected chi connectivity index (χ2v) is 4.14. The number of nitrogens with one attached hydrogen (secondary N) is 1. The summed E-state index contributed by atoms with van der Waals surface area (Å²) in [7, 11) is 0. The zero-order valence-electron chi connectivity index (χ0n) is 10.6. The number of nitriles is 1. The number of anilines is 1. The molecule has 1 heterocycles. The normalized spacial score (nSPS) is 9.75. The highest BCUT2D eigenvalue weighted by atomic mass is 16.6. The van der Waals surface area contributed by atoms with E-state index in [1.54, 1.807) is 24.5 Å². The van der Waals surface area contributed by atoms with Gasteiger partial charge in [0.05, 0.1) is 16.6 Å². The van der Waals surface area contributed by atoms with Gasteiger partial charge in [-0.05, 0) is 30.2 Å². The first-order valence-electron chi connectivity index (χ1n) is 6.02. The largest absolute Gasteiger partial charge is 0.379 e. The molecule has 0 spiro atoms. The second-order valence-electron chi connectivity index (χ2n) is 4.14. The number of pyridine rings is 1. The van der Waals surface area contributed by atoms with Crippen LogP contribution in [0.5, 0.6) is 0 Å². The Kier molecular flexibility index (Phi) is 4.24. The topological polar surface area (TPSA) is 91.8 Å². The van der Waals surface area contributed by atoms with Crippen molar-refractivity contribution in [3.8, 4) is 6.07 Å². The van der Waals surface area contributed by atoms with Gasteiger partial charge >= 0.3 is 0 Å². The van der Waals surface area contributed by atoms with E-state index in [9.17, 15) is 10.1 Å². The molecule has 6 nitrogen and oxygen atoms in total. The lowest BCUT2D eigenvalue weighted by Gasteiger charge is -2.07. The zero-order chi connectivity index (χ0) is 14.4. The number of rotatable bonds is 5. The maximum Gasteiger partial charge on any atom is 0.293 e. The quantitative estimate of drug-likeness (QED) is 0.664. The Labute approximate surface area is 115 Å². The van der Waals surface area contributed by atoms with E-state index in [-0.39, 0.29) is 11.3 Å². The molecule has 0 saturated carbocycles. The number of aromatic nitrogens is 1. The van der Waals surface area contributed by atoms with Gasteiger partial charge in [-0.25, -0.2) is 0 Å². The summed E-state index contributed by atoms with van der Waals surface area (Å²) in [6, 6.07) is 10.1. The summed E-state index contributed by atoms with van der Waals surface area (Å²) in [6.45, 7) is 0.554. The third-order valence-corrected chi connectivity index (χ3v) is 2.78. The minimum atomic E-state index is -0.493. The van der Waals surface area contributed by atoms with Crippen molar-refractivity contribution in [2.45, 2.75) is 6.42 Å². The van der Waals surface area contributed by atoms with E-state index in [1.807, 2.05) is 18.2 Å². The summed E-state index contributed by atoms with van der Waals surface area (Å²) in [6.07, 6.45) is 4.17. The van der Waals surface area contributed by atoms with Crippen molar-refractivity contribution >= 4 is 11.4 Å². The summed E-state index contributed by atoms with van der Waals surface area (Å²) in [4.78, 5) is 14.5. The van der Waals surface area contributed by atoms with Crippen LogP contribution < -0.4 is 5.32 Å². The van der Waals surface area contributed by atoms with Gasteiger partial charge in [0.15, 0.2) is 0 Å². The van der Waals surface area contributed by atoms with Gasteiger partial charge in [-0.1, -0.05) is 6.07 Å². The molecule has 6 heteroatoms. The number of nitrogens with zero attached hydrogens (tertiary/aromatic N) is 3. The van der Waals surface area contributed by atoms with Crippen LogP contribution in [0.25, 0.3) is 0 Å². The molecule has 100 valence electrons. The number of hydrogen-bond donors (Lipinski definition) is 1. The van der Waals surface area contributed by atoms with Crippen LogP contribution in [0.2, 0.25) is 0 Å². The lowest BCUT2D eigenvalue weighted by molar-refractivity contribution is -0.384. The van der Waals surface area contributed by atoms with E-state index >= 15 is 0 Å². The van der Waals surface area contributed by atoms with Crippen molar-refractivity contribution in [2.75, 3.05) is 11.9 Å². The van der Waals surface area contributed by atoms with Crippen molar-refractivity contribution in [2.24, 2.45) is 0 Å². The molecule has 0 amide bonds. The summed E-state index contributed by atoms with van der Waals surface area (Å²) < 4.78 is 0. The van der Waals surface area contributed by atoms with Crippen LogP contribution in [-0.4, -0.2) is 16.5 Å². The van der Waals surface area contributed by atoms with Crippen LogP contribution in [0.3, 0.4) is 0 Å². The summed E-state index contributed by atoms with van der Waals surface area (Å²) >= 11 is 0. The van der Waals surface area contributed by atoms with Crippen LogP contribution in [0.4, 0.5) is 11.4 Å². The van der Waals surface area contributed by atoms with Crippen LogP contribution >= 0.6 is 0 Å². The Morgan fingerprint density at radius 1 is 1.40 bits per heavy atom. The molecule has 20 heavy (non-hydrogen) atoms. The maximum atomic E-state index is 11.0. The van der Waals surface area contributed by atoms with E-state index in [1.165, 1.54) is 6.07 Å². The molecular formula is C14H12N4O2. The Bertz CT molecular complexity index is 650. The molecule has 0 saturated heterocycles. The fourth-order valence-electron chi connectivity index (χ4n) is 1.79. The predicted octanol–water partition coefficient (Wildman–Crippen LogP) is 2.52. The lowest BCUT2D eigenvalue weighted by atomic mass is 10.1. The Morgan fingerprint density at radius 3 is 2.90 bits per heavy atom. The van der Waals surface area contributed by atoms with Gasteiger partial charge in [-0.3, -0.25) is 15.1 Å². The molecule has 1 N–H and O–H groups in total. The molecule has 0 aliphatic heterocycles. The van der Waals surface area contributed by atoms with Gasteiger partial charge in [0.25, 0.3) is 5.69 Å². The first-order valence-corrected chi connectivity index (χ1v) is 6.02. The van der Waals surface area contributed by atoms with Crippen LogP contribution in [-0.2, 0) is 6.42 Å². The monoisotopic (exact) mass is 268 g/mol. The predicted molar refractivity (Wildman–Crippen MR) is 74.2 cm³/mol. The molecule has 0 radical (unpaired) electrons. The number of nitro benzene ring substituents is 1. The standard InChI is InChI=1S/C14H12N4O2/c15-9-12-3-4-13(14(8-12)18(19)20)17-7-5-11-2-1-6-16-10-11/h1-4,6,8,10,17H,5,7H2. The number of nitro groups is 1. The summed E-state index contributed by atoms with van der Waals surface area (Å²) in [5.41, 5.74) is 1.65. The Morgan fingerprint density at radius 2 is 2.25 bits per heavy atom. The average molecular weight is 268 g/mol. The fraction of sp³-hybridized carbons (Fsp3) is 0.143. The minimum Gasteiger partial charge on any atom is -0.379 e. The van der Waals surface area contributed by atoms with Crippen LogP contribution in [0, 0.1) is 21.4 Å². The van der Waals surface area contributed by atoms with E-state index in [0.717, 1.165) is 5.56 Å². The molecular weight excluding hydrogens is 256 g/mol. The number of hydrogen-bond acceptors (Lipinski definition) is 5. The van der Waals surface area contributed by atoms with E-state index in [2.05, 4.69) is 10.3 Å². The highest BCUT2D eigenvalue weighted by Crippen LogP contribution is 2.25. The highest BCUT2D eigenvalue weighted by Gasteiger charge is 2.14. The molecule has 0 bridgehead atoms. The van der Waals surface area contributed by atoms with Gasteiger partial charge in [0.1, 0.15) is 5.69 Å². The van der Waals surface area contributed by atoms with Gasteiger partial charge in [0.2, 0.25) is 0 Å². The van der Waals surface area contributed by atoms with E-state index < -0.39 is 4.92 Å².